The predicted molar refractivity (Wildman–Crippen MR) is 71.1 cm³/mol. The molecule has 0 saturated heterocycles. The SMILES string of the molecule is O=c1[nH]c2nc[nH]c2c(=O)n1CCc1ccccc1. The number of benzene rings is 1. The number of nitrogens with zero attached hydrogens (tertiary/aromatic N) is 2. The van der Waals surface area contributed by atoms with Gasteiger partial charge in [0.15, 0.2) is 5.65 Å². The van der Waals surface area contributed by atoms with Gasteiger partial charge in [0.05, 0.1) is 6.33 Å². The summed E-state index contributed by atoms with van der Waals surface area (Å²) in [5.74, 6) is 0. The van der Waals surface area contributed by atoms with Gasteiger partial charge in [0, 0.05) is 6.54 Å². The first-order valence-electron chi connectivity index (χ1n) is 5.96. The van der Waals surface area contributed by atoms with Crippen molar-refractivity contribution < 1.29 is 0 Å². The van der Waals surface area contributed by atoms with E-state index in [9.17, 15) is 9.59 Å². The Morgan fingerprint density at radius 1 is 1.16 bits per heavy atom. The third-order valence-electron chi connectivity index (χ3n) is 3.04. The summed E-state index contributed by atoms with van der Waals surface area (Å²) in [6.45, 7) is 0.340. The maximum atomic E-state index is 12.1. The zero-order chi connectivity index (χ0) is 13.2. The van der Waals surface area contributed by atoms with Crippen LogP contribution < -0.4 is 11.2 Å². The van der Waals surface area contributed by atoms with Crippen molar-refractivity contribution in [1.82, 2.24) is 19.5 Å². The molecule has 6 nitrogen and oxygen atoms in total. The van der Waals surface area contributed by atoms with Crippen LogP contribution in [0.25, 0.3) is 11.2 Å². The fraction of sp³-hybridized carbons (Fsp3) is 0.154. The van der Waals surface area contributed by atoms with Gasteiger partial charge in [-0.3, -0.25) is 14.3 Å². The monoisotopic (exact) mass is 256 g/mol. The summed E-state index contributed by atoms with van der Waals surface area (Å²) in [6.07, 6.45) is 2.02. The van der Waals surface area contributed by atoms with Crippen LogP contribution in [0.15, 0.2) is 46.2 Å². The van der Waals surface area contributed by atoms with E-state index in [0.717, 1.165) is 5.56 Å². The molecule has 0 spiro atoms. The van der Waals surface area contributed by atoms with E-state index in [0.29, 0.717) is 24.1 Å². The van der Waals surface area contributed by atoms with Crippen LogP contribution in [0.5, 0.6) is 0 Å². The number of hydrogen-bond donors (Lipinski definition) is 2. The number of hydrogen-bond acceptors (Lipinski definition) is 3. The highest BCUT2D eigenvalue weighted by Gasteiger charge is 2.08. The van der Waals surface area contributed by atoms with E-state index in [2.05, 4.69) is 15.0 Å². The smallest absolute Gasteiger partial charge is 0.330 e. The van der Waals surface area contributed by atoms with Gasteiger partial charge in [0.2, 0.25) is 0 Å². The lowest BCUT2D eigenvalue weighted by Gasteiger charge is -2.04. The molecule has 0 aliphatic heterocycles. The average Bonchev–Trinajstić information content (AvgIpc) is 2.88. The second-order valence-corrected chi connectivity index (χ2v) is 4.25. The first kappa shape index (κ1) is 11.5. The Hall–Kier alpha value is -2.63. The number of imidazole rings is 1. The second kappa shape index (κ2) is 4.56. The summed E-state index contributed by atoms with van der Waals surface area (Å²) < 4.78 is 1.19. The number of aromatic nitrogens is 4. The maximum Gasteiger partial charge on any atom is 0.330 e. The van der Waals surface area contributed by atoms with Crippen LogP contribution in [0.2, 0.25) is 0 Å². The molecule has 0 aliphatic rings. The highest BCUT2D eigenvalue weighted by molar-refractivity contribution is 5.67. The second-order valence-electron chi connectivity index (χ2n) is 4.25. The molecule has 2 aromatic heterocycles. The molecule has 0 atom stereocenters. The quantitative estimate of drug-likeness (QED) is 0.722. The van der Waals surface area contributed by atoms with Crippen LogP contribution in [-0.2, 0) is 13.0 Å². The number of H-pyrrole nitrogens is 2. The molecule has 2 N–H and O–H groups in total. The van der Waals surface area contributed by atoms with Gasteiger partial charge >= 0.3 is 5.69 Å². The van der Waals surface area contributed by atoms with Crippen molar-refractivity contribution in [3.63, 3.8) is 0 Å². The Kier molecular flexibility index (Phi) is 2.75. The van der Waals surface area contributed by atoms with Gasteiger partial charge < -0.3 is 4.98 Å². The van der Waals surface area contributed by atoms with E-state index >= 15 is 0 Å². The number of aromatic amines is 2. The molecule has 3 rings (SSSR count). The zero-order valence-electron chi connectivity index (χ0n) is 10.1. The Labute approximate surface area is 107 Å². The molecule has 96 valence electrons. The molecule has 0 unspecified atom stereocenters. The van der Waals surface area contributed by atoms with E-state index in [1.54, 1.807) is 0 Å². The average molecular weight is 256 g/mol. The first-order chi connectivity index (χ1) is 9.25. The molecule has 0 bridgehead atoms. The lowest BCUT2D eigenvalue weighted by Crippen LogP contribution is -2.35. The van der Waals surface area contributed by atoms with Crippen LogP contribution in [0.1, 0.15) is 5.56 Å². The van der Waals surface area contributed by atoms with E-state index < -0.39 is 5.69 Å². The van der Waals surface area contributed by atoms with Crippen molar-refractivity contribution in [1.29, 1.82) is 0 Å². The molecule has 0 saturated carbocycles. The van der Waals surface area contributed by atoms with Crippen LogP contribution in [0.3, 0.4) is 0 Å². The molecule has 0 amide bonds. The lowest BCUT2D eigenvalue weighted by atomic mass is 10.1. The van der Waals surface area contributed by atoms with Gasteiger partial charge in [-0.1, -0.05) is 30.3 Å². The van der Waals surface area contributed by atoms with Gasteiger partial charge in [0.1, 0.15) is 5.52 Å². The number of rotatable bonds is 3. The first-order valence-corrected chi connectivity index (χ1v) is 5.96. The number of aryl methyl sites for hydroxylation is 1. The van der Waals surface area contributed by atoms with Crippen molar-refractivity contribution in [2.24, 2.45) is 0 Å². The Morgan fingerprint density at radius 2 is 1.95 bits per heavy atom. The Balaban J connectivity index is 1.97. The van der Waals surface area contributed by atoms with Crippen molar-refractivity contribution in [3.05, 3.63) is 63.1 Å². The van der Waals surface area contributed by atoms with Crippen molar-refractivity contribution in [3.8, 4) is 0 Å². The summed E-state index contributed by atoms with van der Waals surface area (Å²) in [4.78, 5) is 33.1. The Morgan fingerprint density at radius 3 is 2.74 bits per heavy atom. The predicted octanol–water partition coefficient (Wildman–Crippen LogP) is 0.656. The van der Waals surface area contributed by atoms with Gasteiger partial charge in [-0.05, 0) is 12.0 Å². The highest BCUT2D eigenvalue weighted by Crippen LogP contribution is 2.01. The number of nitrogens with one attached hydrogen (secondary N) is 2. The van der Waals surface area contributed by atoms with E-state index in [-0.39, 0.29) is 5.56 Å². The standard InChI is InChI=1S/C13H12N4O2/c18-12-10-11(15-8-14-10)16-13(19)17(12)7-6-9-4-2-1-3-5-9/h1-5,8H,6-7H2,(H,14,15)(H,16,19). The number of fused-ring (bicyclic) bond motifs is 1. The molecule has 6 heteroatoms. The highest BCUT2D eigenvalue weighted by atomic mass is 16.2. The van der Waals surface area contributed by atoms with Crippen LogP contribution in [0.4, 0.5) is 0 Å². The molecule has 3 aromatic rings. The van der Waals surface area contributed by atoms with Crippen LogP contribution >= 0.6 is 0 Å². The molecule has 2 heterocycles. The molecule has 1 aromatic carbocycles. The summed E-state index contributed by atoms with van der Waals surface area (Å²) in [7, 11) is 0. The topological polar surface area (TPSA) is 83.5 Å². The third kappa shape index (κ3) is 2.08. The summed E-state index contributed by atoms with van der Waals surface area (Å²) >= 11 is 0. The molecular formula is C13H12N4O2. The summed E-state index contributed by atoms with van der Waals surface area (Å²) in [5.41, 5.74) is 0.935. The molecule has 0 radical (unpaired) electrons. The van der Waals surface area contributed by atoms with Gasteiger partial charge in [0.25, 0.3) is 5.56 Å². The fourth-order valence-corrected chi connectivity index (χ4v) is 2.04. The largest absolute Gasteiger partial charge is 0.339 e. The molecular weight excluding hydrogens is 244 g/mol. The van der Waals surface area contributed by atoms with Gasteiger partial charge in [-0.2, -0.15) is 0 Å². The third-order valence-corrected chi connectivity index (χ3v) is 3.04. The van der Waals surface area contributed by atoms with Gasteiger partial charge in [-0.15, -0.1) is 0 Å². The van der Waals surface area contributed by atoms with Crippen molar-refractivity contribution in [2.75, 3.05) is 0 Å². The minimum Gasteiger partial charge on any atom is -0.339 e. The lowest BCUT2D eigenvalue weighted by molar-refractivity contribution is 0.635. The molecule has 19 heavy (non-hydrogen) atoms. The Bertz CT molecular complexity index is 814. The summed E-state index contributed by atoms with van der Waals surface area (Å²) in [5, 5.41) is 0. The van der Waals surface area contributed by atoms with Crippen molar-refractivity contribution >= 4 is 11.2 Å². The maximum absolute atomic E-state index is 12.1. The van der Waals surface area contributed by atoms with E-state index in [1.807, 2.05) is 30.3 Å². The molecule has 0 fully saturated rings. The minimum absolute atomic E-state index is 0.297. The van der Waals surface area contributed by atoms with E-state index in [1.165, 1.54) is 10.9 Å². The zero-order valence-corrected chi connectivity index (χ0v) is 10.1. The fourth-order valence-electron chi connectivity index (χ4n) is 2.04. The normalized spacial score (nSPS) is 10.9. The van der Waals surface area contributed by atoms with Gasteiger partial charge in [-0.25, -0.2) is 9.78 Å². The molecule has 0 aliphatic carbocycles. The van der Waals surface area contributed by atoms with Crippen LogP contribution in [-0.4, -0.2) is 19.5 Å². The van der Waals surface area contributed by atoms with E-state index in [4.69, 9.17) is 0 Å². The summed E-state index contributed by atoms with van der Waals surface area (Å²) in [6, 6.07) is 9.72. The van der Waals surface area contributed by atoms with Crippen molar-refractivity contribution in [2.45, 2.75) is 13.0 Å². The van der Waals surface area contributed by atoms with Crippen LogP contribution in [0, 0.1) is 0 Å². The minimum atomic E-state index is -0.430.